The van der Waals surface area contributed by atoms with Gasteiger partial charge >= 0.3 is 0 Å². The first-order valence-corrected chi connectivity index (χ1v) is 16.4. The van der Waals surface area contributed by atoms with E-state index >= 15 is 0 Å². The van der Waals surface area contributed by atoms with Crippen LogP contribution in [0.3, 0.4) is 0 Å². The largest absolute Gasteiger partial charge is 0.298 e. The molecule has 0 bridgehead atoms. The molecule has 3 aromatic heterocycles. The van der Waals surface area contributed by atoms with E-state index in [4.69, 9.17) is 15.0 Å². The number of thiol groups is 1. The monoisotopic (exact) mass is 645 g/mol. The highest BCUT2D eigenvalue weighted by atomic mass is 32.1. The Morgan fingerprint density at radius 1 is 0.531 bits per heavy atom. The van der Waals surface area contributed by atoms with E-state index in [1.54, 1.807) is 0 Å². The van der Waals surface area contributed by atoms with Gasteiger partial charge in [-0.15, -0.1) is 0 Å². The molecule has 0 spiro atoms. The topological polar surface area (TPSA) is 74.9 Å². The third-order valence-corrected chi connectivity index (χ3v) is 9.37. The zero-order chi connectivity index (χ0) is 32.9. The normalized spacial score (nSPS) is 13.6. The summed E-state index contributed by atoms with van der Waals surface area (Å²) in [7, 11) is 0. The van der Waals surface area contributed by atoms with Gasteiger partial charge in [-0.25, -0.2) is 19.3 Å². The van der Waals surface area contributed by atoms with E-state index in [1.165, 1.54) is 0 Å². The Kier molecular flexibility index (Phi) is 6.95. The number of nitrogens with one attached hydrogen (secondary N) is 1. The molecule has 1 N–H and O–H groups in total. The number of nitrogens with zero attached hydrogens (tertiary/aromatic N) is 4. The van der Waals surface area contributed by atoms with Crippen molar-refractivity contribution in [3.8, 4) is 33.8 Å². The molecule has 9 rings (SSSR count). The molecule has 0 saturated carbocycles. The second-order valence-electron chi connectivity index (χ2n) is 12.1. The van der Waals surface area contributed by atoms with Crippen LogP contribution in [0.2, 0.25) is 0 Å². The number of hydrogen-bond donors (Lipinski definition) is 2. The summed E-state index contributed by atoms with van der Waals surface area (Å²) >= 11 is 4.32. The average molecular weight is 646 g/mol. The van der Waals surface area contributed by atoms with Gasteiger partial charge in [0.25, 0.3) is 0 Å². The molecule has 0 aliphatic heterocycles. The third kappa shape index (κ3) is 4.93. The highest BCUT2D eigenvalue weighted by molar-refractivity contribution is 7.79. The average Bonchev–Trinajstić information content (AvgIpc) is 3.17. The molecule has 0 fully saturated rings. The molecule has 0 saturated heterocycles. The van der Waals surface area contributed by atoms with Crippen molar-refractivity contribution < 1.29 is 0 Å². The Morgan fingerprint density at radius 2 is 1.10 bits per heavy atom. The molecule has 0 unspecified atom stereocenters. The van der Waals surface area contributed by atoms with Crippen molar-refractivity contribution in [2.75, 3.05) is 0 Å². The van der Waals surface area contributed by atoms with E-state index in [9.17, 15) is 5.41 Å². The van der Waals surface area contributed by atoms with Crippen molar-refractivity contribution in [3.63, 3.8) is 0 Å². The first kappa shape index (κ1) is 28.9. The number of allylic oxidation sites excluding steroid dienone is 1. The molecule has 0 radical (unpaired) electrons. The predicted molar refractivity (Wildman–Crippen MR) is 206 cm³/mol. The zero-order valence-electron chi connectivity index (χ0n) is 26.2. The van der Waals surface area contributed by atoms with Crippen molar-refractivity contribution in [3.05, 3.63) is 162 Å². The van der Waals surface area contributed by atoms with Gasteiger partial charge in [-0.3, -0.25) is 5.41 Å². The molecule has 3 heterocycles. The lowest BCUT2D eigenvalue weighted by Crippen LogP contribution is -2.22. The highest BCUT2D eigenvalue weighted by Gasteiger charge is 2.28. The maximum absolute atomic E-state index is 9.37. The molecule has 0 atom stereocenters. The minimum absolute atomic E-state index is 0.327. The SMILES string of the molecule is N=C1C(=NS)C(c2ccccc2)=Cc2c(-c3cccc(-c4ccc5ccc6ccc(-c7ccccc7)nc6c5n4)c3)nc3ccccc3c21. The Bertz CT molecular complexity index is 2680. The summed E-state index contributed by atoms with van der Waals surface area (Å²) in [6, 6.07) is 49.2. The van der Waals surface area contributed by atoms with Crippen LogP contribution in [-0.2, 0) is 0 Å². The zero-order valence-corrected chi connectivity index (χ0v) is 27.1. The van der Waals surface area contributed by atoms with Gasteiger partial charge in [-0.2, -0.15) is 0 Å². The molecule has 1 aliphatic rings. The minimum Gasteiger partial charge on any atom is -0.298 e. The van der Waals surface area contributed by atoms with Crippen molar-refractivity contribution in [2.24, 2.45) is 4.40 Å². The Labute approximate surface area is 288 Å². The number of aromatic nitrogens is 3. The summed E-state index contributed by atoms with van der Waals surface area (Å²) < 4.78 is 4.30. The van der Waals surface area contributed by atoms with Crippen molar-refractivity contribution in [2.45, 2.75) is 0 Å². The van der Waals surface area contributed by atoms with Crippen LogP contribution in [0.25, 0.3) is 78.1 Å². The lowest BCUT2D eigenvalue weighted by atomic mass is 9.82. The molecule has 5 aromatic carbocycles. The van der Waals surface area contributed by atoms with Crippen LogP contribution in [0.15, 0.2) is 150 Å². The van der Waals surface area contributed by atoms with Crippen LogP contribution in [0.1, 0.15) is 16.7 Å². The van der Waals surface area contributed by atoms with Gasteiger partial charge in [0.15, 0.2) is 0 Å². The second-order valence-corrected chi connectivity index (χ2v) is 12.3. The Balaban J connectivity index is 1.23. The van der Waals surface area contributed by atoms with Crippen LogP contribution in [0.4, 0.5) is 0 Å². The van der Waals surface area contributed by atoms with E-state index in [0.29, 0.717) is 11.4 Å². The van der Waals surface area contributed by atoms with Crippen LogP contribution in [-0.4, -0.2) is 26.4 Å². The summed E-state index contributed by atoms with van der Waals surface area (Å²) in [6.45, 7) is 0. The predicted octanol–water partition coefficient (Wildman–Crippen LogP) is 10.5. The highest BCUT2D eigenvalue weighted by Crippen LogP contribution is 2.39. The maximum atomic E-state index is 9.37. The Morgan fingerprint density at radius 3 is 1.80 bits per heavy atom. The number of fused-ring (bicyclic) bond motifs is 6. The summed E-state index contributed by atoms with van der Waals surface area (Å²) in [4.78, 5) is 15.5. The molecule has 49 heavy (non-hydrogen) atoms. The van der Waals surface area contributed by atoms with E-state index in [2.05, 4.69) is 90.0 Å². The summed E-state index contributed by atoms with van der Waals surface area (Å²) in [5, 5.41) is 12.4. The van der Waals surface area contributed by atoms with Gasteiger partial charge in [0.05, 0.1) is 39.3 Å². The summed E-state index contributed by atoms with van der Waals surface area (Å²) in [5.41, 5.74) is 12.5. The van der Waals surface area contributed by atoms with Gasteiger partial charge in [0, 0.05) is 49.5 Å². The van der Waals surface area contributed by atoms with Gasteiger partial charge < -0.3 is 0 Å². The molecular weight excluding hydrogens is 619 g/mol. The van der Waals surface area contributed by atoms with Crippen LogP contribution >= 0.6 is 12.8 Å². The second kappa shape index (κ2) is 11.8. The van der Waals surface area contributed by atoms with Gasteiger partial charge in [-0.1, -0.05) is 121 Å². The van der Waals surface area contributed by atoms with Crippen molar-refractivity contribution in [1.29, 1.82) is 5.41 Å². The smallest absolute Gasteiger partial charge is 0.104 e. The number of benzene rings is 5. The van der Waals surface area contributed by atoms with E-state index < -0.39 is 0 Å². The molecule has 1 aliphatic carbocycles. The maximum Gasteiger partial charge on any atom is 0.104 e. The van der Waals surface area contributed by atoms with Crippen molar-refractivity contribution in [1.82, 2.24) is 15.0 Å². The lowest BCUT2D eigenvalue weighted by molar-refractivity contribution is 1.35. The summed E-state index contributed by atoms with van der Waals surface area (Å²) in [5.74, 6) is 0. The third-order valence-electron chi connectivity index (χ3n) is 9.17. The fourth-order valence-corrected chi connectivity index (χ4v) is 7.00. The van der Waals surface area contributed by atoms with Crippen LogP contribution < -0.4 is 0 Å². The first-order chi connectivity index (χ1) is 24.2. The van der Waals surface area contributed by atoms with E-state index in [0.717, 1.165) is 88.7 Å². The Hall–Kier alpha value is -6.24. The quantitative estimate of drug-likeness (QED) is 0.148. The number of para-hydroxylation sites is 1. The van der Waals surface area contributed by atoms with E-state index in [1.807, 2.05) is 78.9 Å². The standard InChI is InChI=1S/C43H27N5S/c44-39-38-32-16-7-8-17-37(32)47-40(34(38)25-33(43(39)48-49)26-10-3-1-4-11-26)31-15-9-14-30(24-31)36-23-21-29-19-18-28-20-22-35(27-12-5-2-6-13-27)45-41(28)42(29)46-36/h1-25,44,49H. The van der Waals surface area contributed by atoms with Crippen LogP contribution in [0, 0.1) is 5.41 Å². The van der Waals surface area contributed by atoms with Gasteiger partial charge in [0.1, 0.15) is 5.71 Å². The lowest BCUT2D eigenvalue weighted by Gasteiger charge is -2.23. The van der Waals surface area contributed by atoms with Crippen LogP contribution in [0.5, 0.6) is 0 Å². The molecule has 6 heteroatoms. The van der Waals surface area contributed by atoms with Gasteiger partial charge in [0.2, 0.25) is 0 Å². The number of hydrogen-bond acceptors (Lipinski definition) is 6. The molecule has 230 valence electrons. The number of rotatable bonds is 4. The van der Waals surface area contributed by atoms with Gasteiger partial charge in [-0.05, 0) is 48.7 Å². The first-order valence-electron chi connectivity index (χ1n) is 16.0. The van der Waals surface area contributed by atoms with Crippen molar-refractivity contribution >= 4 is 68.6 Å². The molecule has 5 nitrogen and oxygen atoms in total. The molecule has 0 amide bonds. The fourth-order valence-electron chi connectivity index (χ4n) is 6.79. The van der Waals surface area contributed by atoms with E-state index in [-0.39, 0.29) is 0 Å². The number of pyridine rings is 3. The minimum atomic E-state index is 0.327. The molecular formula is C43H27N5S. The molecule has 8 aromatic rings. The fraction of sp³-hybridized carbons (Fsp3) is 0. The summed E-state index contributed by atoms with van der Waals surface area (Å²) in [6.07, 6.45) is 2.11.